The van der Waals surface area contributed by atoms with Crippen LogP contribution in [0.1, 0.15) is 19.4 Å². The highest BCUT2D eigenvalue weighted by Crippen LogP contribution is 2.25. The summed E-state index contributed by atoms with van der Waals surface area (Å²) in [5.74, 6) is 0.616. The Morgan fingerprint density at radius 3 is 2.53 bits per heavy atom. The molecule has 0 saturated heterocycles. The molecule has 1 rings (SSSR count). The molecule has 1 aromatic carbocycles. The number of sulfonamides is 1. The highest BCUT2D eigenvalue weighted by Gasteiger charge is 2.20. The minimum atomic E-state index is -3.55. The summed E-state index contributed by atoms with van der Waals surface area (Å²) >= 11 is 5.69. The normalized spacial score (nSPS) is 11.8. The molecule has 0 amide bonds. The molecule has 0 aliphatic rings. The average Bonchev–Trinajstić information content (AvgIpc) is 2.26. The zero-order valence-electron chi connectivity index (χ0n) is 10.0. The monoisotopic (exact) mass is 277 g/mol. The van der Waals surface area contributed by atoms with Crippen LogP contribution in [0.2, 0.25) is 0 Å². The molecule has 1 aromatic rings. The summed E-state index contributed by atoms with van der Waals surface area (Å²) in [6.45, 7) is 3.52. The Bertz CT molecular complexity index is 485. The predicted molar refractivity (Wildman–Crippen MR) is 68.0 cm³/mol. The molecule has 17 heavy (non-hydrogen) atoms. The highest BCUT2D eigenvalue weighted by molar-refractivity contribution is 7.89. The Balaban J connectivity index is 3.22. The van der Waals surface area contributed by atoms with Gasteiger partial charge in [-0.25, -0.2) is 13.1 Å². The second-order valence-electron chi connectivity index (χ2n) is 3.89. The third-order valence-electron chi connectivity index (χ3n) is 2.06. The van der Waals surface area contributed by atoms with Gasteiger partial charge in [-0.3, -0.25) is 0 Å². The average molecular weight is 278 g/mol. The molecular formula is C11H16ClNO3S. The lowest BCUT2D eigenvalue weighted by molar-refractivity contribution is 0.401. The van der Waals surface area contributed by atoms with Gasteiger partial charge in [-0.2, -0.15) is 0 Å². The quantitative estimate of drug-likeness (QED) is 0.839. The first kappa shape index (κ1) is 14.3. The summed E-state index contributed by atoms with van der Waals surface area (Å²) in [6.07, 6.45) is 0. The van der Waals surface area contributed by atoms with E-state index in [1.165, 1.54) is 13.2 Å². The zero-order valence-corrected chi connectivity index (χ0v) is 11.6. The lowest BCUT2D eigenvalue weighted by Crippen LogP contribution is -2.30. The van der Waals surface area contributed by atoms with Gasteiger partial charge in [-0.15, -0.1) is 11.6 Å². The first-order valence-corrected chi connectivity index (χ1v) is 7.17. The molecule has 0 aliphatic carbocycles. The van der Waals surface area contributed by atoms with Crippen molar-refractivity contribution >= 4 is 21.6 Å². The molecule has 0 spiro atoms. The van der Waals surface area contributed by atoms with Crippen molar-refractivity contribution in [1.29, 1.82) is 0 Å². The maximum absolute atomic E-state index is 12.0. The molecule has 6 heteroatoms. The summed E-state index contributed by atoms with van der Waals surface area (Å²) < 4.78 is 31.6. The predicted octanol–water partition coefficient (Wildman–Crippen LogP) is 2.12. The Kier molecular flexibility index (Phi) is 4.80. The molecule has 0 unspecified atom stereocenters. The molecular weight excluding hydrogens is 262 g/mol. The molecule has 1 N–H and O–H groups in total. The van der Waals surface area contributed by atoms with Crippen molar-refractivity contribution in [2.75, 3.05) is 7.11 Å². The van der Waals surface area contributed by atoms with Crippen molar-refractivity contribution in [3.8, 4) is 5.75 Å². The summed E-state index contributed by atoms with van der Waals surface area (Å²) in [7, 11) is -2.11. The fourth-order valence-corrected chi connectivity index (χ4v) is 2.96. The van der Waals surface area contributed by atoms with Crippen LogP contribution in [0.5, 0.6) is 5.75 Å². The number of benzene rings is 1. The van der Waals surface area contributed by atoms with Crippen molar-refractivity contribution in [2.24, 2.45) is 0 Å². The van der Waals surface area contributed by atoms with Crippen molar-refractivity contribution < 1.29 is 13.2 Å². The molecule has 0 aliphatic heterocycles. The van der Waals surface area contributed by atoms with Crippen molar-refractivity contribution in [2.45, 2.75) is 30.7 Å². The lowest BCUT2D eigenvalue weighted by atomic mass is 10.2. The maximum Gasteiger partial charge on any atom is 0.244 e. The minimum absolute atomic E-state index is 0.127. The van der Waals surface area contributed by atoms with Gasteiger partial charge in [0.25, 0.3) is 0 Å². The van der Waals surface area contributed by atoms with Gasteiger partial charge in [-0.1, -0.05) is 6.07 Å². The van der Waals surface area contributed by atoms with Crippen LogP contribution in [-0.4, -0.2) is 21.6 Å². The number of nitrogens with one attached hydrogen (secondary N) is 1. The van der Waals surface area contributed by atoms with Gasteiger partial charge >= 0.3 is 0 Å². The van der Waals surface area contributed by atoms with Gasteiger partial charge < -0.3 is 4.74 Å². The van der Waals surface area contributed by atoms with Gasteiger partial charge in [0.2, 0.25) is 10.0 Å². The summed E-state index contributed by atoms with van der Waals surface area (Å²) in [5.41, 5.74) is 0.812. The number of halogens is 1. The second kappa shape index (κ2) is 5.71. The molecule has 4 nitrogen and oxygen atoms in total. The Morgan fingerprint density at radius 2 is 2.06 bits per heavy atom. The van der Waals surface area contributed by atoms with Crippen LogP contribution < -0.4 is 9.46 Å². The SMILES string of the molecule is COc1cc(CCl)ccc1S(=O)(=O)NC(C)C. The third kappa shape index (κ3) is 3.59. The van der Waals surface area contributed by atoms with E-state index in [1.54, 1.807) is 26.0 Å². The van der Waals surface area contributed by atoms with E-state index in [2.05, 4.69) is 4.72 Å². The fourth-order valence-electron chi connectivity index (χ4n) is 1.39. The summed E-state index contributed by atoms with van der Waals surface area (Å²) in [6, 6.07) is 4.63. The number of ether oxygens (including phenoxy) is 1. The number of hydrogen-bond donors (Lipinski definition) is 1. The van der Waals surface area contributed by atoms with E-state index >= 15 is 0 Å². The van der Waals surface area contributed by atoms with E-state index in [1.807, 2.05) is 0 Å². The zero-order chi connectivity index (χ0) is 13.1. The topological polar surface area (TPSA) is 55.4 Å². The van der Waals surface area contributed by atoms with Gasteiger partial charge in [0.05, 0.1) is 7.11 Å². The van der Waals surface area contributed by atoms with Gasteiger partial charge in [-0.05, 0) is 31.5 Å². The molecule has 0 fully saturated rings. The molecule has 0 radical (unpaired) electrons. The van der Waals surface area contributed by atoms with Gasteiger partial charge in [0, 0.05) is 11.9 Å². The molecule has 0 heterocycles. The van der Waals surface area contributed by atoms with E-state index in [0.29, 0.717) is 11.6 Å². The molecule has 0 atom stereocenters. The Morgan fingerprint density at radius 1 is 1.41 bits per heavy atom. The second-order valence-corrected chi connectivity index (χ2v) is 5.84. The van der Waals surface area contributed by atoms with Crippen LogP contribution in [-0.2, 0) is 15.9 Å². The van der Waals surface area contributed by atoms with Crippen LogP contribution in [0.25, 0.3) is 0 Å². The molecule has 0 bridgehead atoms. The number of hydrogen-bond acceptors (Lipinski definition) is 3. The van der Waals surface area contributed by atoms with E-state index in [4.69, 9.17) is 16.3 Å². The van der Waals surface area contributed by atoms with E-state index in [9.17, 15) is 8.42 Å². The fraction of sp³-hybridized carbons (Fsp3) is 0.455. The van der Waals surface area contributed by atoms with Crippen LogP contribution in [0, 0.1) is 0 Å². The third-order valence-corrected chi connectivity index (χ3v) is 4.07. The van der Waals surface area contributed by atoms with E-state index in [0.717, 1.165) is 5.56 Å². The van der Waals surface area contributed by atoms with E-state index in [-0.39, 0.29) is 10.9 Å². The van der Waals surface area contributed by atoms with Crippen molar-refractivity contribution in [3.63, 3.8) is 0 Å². The smallest absolute Gasteiger partial charge is 0.244 e. The largest absolute Gasteiger partial charge is 0.495 e. The van der Waals surface area contributed by atoms with Gasteiger partial charge in [0.1, 0.15) is 10.6 Å². The van der Waals surface area contributed by atoms with Crippen LogP contribution in [0.3, 0.4) is 0 Å². The Hall–Kier alpha value is -0.780. The minimum Gasteiger partial charge on any atom is -0.495 e. The summed E-state index contributed by atoms with van der Waals surface area (Å²) in [5, 5.41) is 0. The molecule has 0 saturated carbocycles. The summed E-state index contributed by atoms with van der Waals surface area (Å²) in [4.78, 5) is 0.127. The maximum atomic E-state index is 12.0. The number of alkyl halides is 1. The van der Waals surface area contributed by atoms with Crippen LogP contribution in [0.4, 0.5) is 0 Å². The van der Waals surface area contributed by atoms with Crippen molar-refractivity contribution in [3.05, 3.63) is 23.8 Å². The lowest BCUT2D eigenvalue weighted by Gasteiger charge is -2.13. The number of rotatable bonds is 5. The Labute approximate surface area is 107 Å². The number of methoxy groups -OCH3 is 1. The van der Waals surface area contributed by atoms with Crippen LogP contribution in [0.15, 0.2) is 23.1 Å². The highest BCUT2D eigenvalue weighted by atomic mass is 35.5. The molecule has 96 valence electrons. The standard InChI is InChI=1S/C11H16ClNO3S/c1-8(2)13-17(14,15)11-5-4-9(7-12)6-10(11)16-3/h4-6,8,13H,7H2,1-3H3. The molecule has 0 aromatic heterocycles. The van der Waals surface area contributed by atoms with E-state index < -0.39 is 10.0 Å². The van der Waals surface area contributed by atoms with Crippen molar-refractivity contribution in [1.82, 2.24) is 4.72 Å². The van der Waals surface area contributed by atoms with Crippen LogP contribution >= 0.6 is 11.6 Å². The first-order valence-electron chi connectivity index (χ1n) is 5.16. The first-order chi connectivity index (χ1) is 7.90. The van der Waals surface area contributed by atoms with Gasteiger partial charge in [0.15, 0.2) is 0 Å².